The summed E-state index contributed by atoms with van der Waals surface area (Å²) in [5.74, 6) is -1.12. The van der Waals surface area contributed by atoms with E-state index in [2.05, 4.69) is 9.97 Å². The molecule has 3 aromatic rings. The minimum atomic E-state index is -4.67. The molecular weight excluding hydrogens is 362 g/mol. The zero-order chi connectivity index (χ0) is 18.5. The maximum Gasteiger partial charge on any atom is 0.416 e. The van der Waals surface area contributed by atoms with Crippen LogP contribution in [0.4, 0.5) is 17.6 Å². The van der Waals surface area contributed by atoms with Crippen molar-refractivity contribution in [1.82, 2.24) is 14.5 Å². The zero-order valence-corrected chi connectivity index (χ0v) is 13.7. The van der Waals surface area contributed by atoms with Gasteiger partial charge in [-0.3, -0.25) is 4.79 Å². The van der Waals surface area contributed by atoms with E-state index in [1.807, 2.05) is 0 Å². The number of hydrogen-bond donors (Lipinski definition) is 0. The summed E-state index contributed by atoms with van der Waals surface area (Å²) in [5, 5.41) is -0.0913. The second kappa shape index (κ2) is 5.80. The molecule has 0 atom stereocenters. The van der Waals surface area contributed by atoms with Crippen molar-refractivity contribution in [3.63, 3.8) is 0 Å². The van der Waals surface area contributed by atoms with Crippen molar-refractivity contribution in [3.8, 4) is 11.3 Å². The normalized spacial score (nSPS) is 12.0. The highest BCUT2D eigenvalue weighted by Gasteiger charge is 2.31. The lowest BCUT2D eigenvalue weighted by molar-refractivity contribution is -0.137. The minimum absolute atomic E-state index is 0.0394. The van der Waals surface area contributed by atoms with Gasteiger partial charge in [-0.2, -0.15) is 13.2 Å². The summed E-state index contributed by atoms with van der Waals surface area (Å²) in [6, 6.07) is 3.64. The molecule has 2 aromatic heterocycles. The summed E-state index contributed by atoms with van der Waals surface area (Å²) in [6.45, 7) is 1.66. The third-order valence-corrected chi connectivity index (χ3v) is 4.03. The van der Waals surface area contributed by atoms with Crippen molar-refractivity contribution in [2.75, 3.05) is 0 Å². The molecule has 4 nitrogen and oxygen atoms in total. The Balaban J connectivity index is 2.35. The summed E-state index contributed by atoms with van der Waals surface area (Å²) >= 11 is 5.82. The third kappa shape index (κ3) is 2.97. The molecule has 1 aromatic carbocycles. The van der Waals surface area contributed by atoms with Crippen LogP contribution in [0.1, 0.15) is 11.3 Å². The maximum absolute atomic E-state index is 14.3. The number of alkyl halides is 3. The monoisotopic (exact) mass is 371 g/mol. The summed E-state index contributed by atoms with van der Waals surface area (Å²) in [7, 11) is 1.53. The average Bonchev–Trinajstić information content (AvgIpc) is 2.52. The van der Waals surface area contributed by atoms with Crippen LogP contribution >= 0.6 is 11.6 Å². The Bertz CT molecular complexity index is 1060. The van der Waals surface area contributed by atoms with E-state index in [1.165, 1.54) is 11.6 Å². The maximum atomic E-state index is 14.3. The Morgan fingerprint density at radius 2 is 1.84 bits per heavy atom. The van der Waals surface area contributed by atoms with Crippen molar-refractivity contribution in [2.24, 2.45) is 7.05 Å². The van der Waals surface area contributed by atoms with Gasteiger partial charge in [-0.15, -0.1) is 0 Å². The van der Waals surface area contributed by atoms with Gasteiger partial charge in [-0.25, -0.2) is 14.4 Å². The molecule has 0 radical (unpaired) electrons. The molecule has 25 heavy (non-hydrogen) atoms. The largest absolute Gasteiger partial charge is 0.416 e. The molecule has 130 valence electrons. The lowest BCUT2D eigenvalue weighted by atomic mass is 10.0. The van der Waals surface area contributed by atoms with Gasteiger partial charge in [-0.1, -0.05) is 0 Å². The van der Waals surface area contributed by atoms with Gasteiger partial charge in [0.05, 0.1) is 11.3 Å². The first-order valence-electron chi connectivity index (χ1n) is 7.00. The molecule has 0 aliphatic rings. The fourth-order valence-electron chi connectivity index (χ4n) is 2.46. The topological polar surface area (TPSA) is 47.8 Å². The Morgan fingerprint density at radius 1 is 1.16 bits per heavy atom. The van der Waals surface area contributed by atoms with Crippen LogP contribution in [0.25, 0.3) is 22.2 Å². The van der Waals surface area contributed by atoms with Crippen LogP contribution in [0.15, 0.2) is 29.1 Å². The second-order valence-electron chi connectivity index (χ2n) is 5.45. The Hall–Kier alpha value is -2.48. The van der Waals surface area contributed by atoms with E-state index in [0.29, 0.717) is 11.8 Å². The van der Waals surface area contributed by atoms with E-state index < -0.39 is 23.1 Å². The molecule has 0 saturated carbocycles. The number of fused-ring (bicyclic) bond motifs is 1. The third-order valence-electron chi connectivity index (χ3n) is 3.86. The van der Waals surface area contributed by atoms with Crippen LogP contribution in [-0.4, -0.2) is 14.5 Å². The Kier molecular flexibility index (Phi) is 4.03. The van der Waals surface area contributed by atoms with E-state index >= 15 is 0 Å². The summed E-state index contributed by atoms with van der Waals surface area (Å²) in [6.07, 6.45) is -4.67. The molecule has 0 N–H and O–H groups in total. The highest BCUT2D eigenvalue weighted by atomic mass is 35.5. The van der Waals surface area contributed by atoms with Gasteiger partial charge in [0.25, 0.3) is 5.56 Å². The first-order valence-corrected chi connectivity index (χ1v) is 7.38. The van der Waals surface area contributed by atoms with Gasteiger partial charge in [0, 0.05) is 23.7 Å². The fourth-order valence-corrected chi connectivity index (χ4v) is 2.62. The number of aryl methyl sites for hydroxylation is 1. The van der Waals surface area contributed by atoms with Crippen LogP contribution in [0, 0.1) is 12.7 Å². The Labute approximate surface area is 143 Å². The zero-order valence-electron chi connectivity index (χ0n) is 12.9. The van der Waals surface area contributed by atoms with Crippen LogP contribution in [0.3, 0.4) is 0 Å². The highest BCUT2D eigenvalue weighted by Crippen LogP contribution is 2.34. The lowest BCUT2D eigenvalue weighted by Crippen LogP contribution is -2.20. The molecule has 0 saturated heterocycles. The number of halogens is 5. The summed E-state index contributed by atoms with van der Waals surface area (Å²) < 4.78 is 53.8. The van der Waals surface area contributed by atoms with E-state index in [4.69, 9.17) is 11.6 Å². The van der Waals surface area contributed by atoms with E-state index in [1.54, 1.807) is 13.0 Å². The standard InChI is InChI=1S/C16H10ClF4N3O/c1-7-5-10-12(22-15(17)23-13(10)14(25)24(7)2)9-4-3-8(6-11(9)18)16(19,20)21/h3-6H,1-2H3. The van der Waals surface area contributed by atoms with E-state index in [9.17, 15) is 22.4 Å². The molecule has 3 rings (SSSR count). The SMILES string of the molecule is Cc1cc2c(-c3ccc(C(F)(F)F)cc3F)nc(Cl)nc2c(=O)n1C. The highest BCUT2D eigenvalue weighted by molar-refractivity contribution is 6.28. The van der Waals surface area contributed by atoms with Crippen LogP contribution in [0.5, 0.6) is 0 Å². The van der Waals surface area contributed by atoms with Gasteiger partial charge in [0.2, 0.25) is 5.28 Å². The van der Waals surface area contributed by atoms with Gasteiger partial charge in [-0.05, 0) is 42.8 Å². The smallest absolute Gasteiger partial charge is 0.314 e. The number of aromatic nitrogens is 3. The van der Waals surface area contributed by atoms with Crippen molar-refractivity contribution in [1.29, 1.82) is 0 Å². The predicted molar refractivity (Wildman–Crippen MR) is 84.9 cm³/mol. The van der Waals surface area contributed by atoms with Crippen LogP contribution < -0.4 is 5.56 Å². The van der Waals surface area contributed by atoms with Gasteiger partial charge in [0.1, 0.15) is 11.3 Å². The molecule has 0 aliphatic heterocycles. The molecule has 0 spiro atoms. The molecule has 2 heterocycles. The van der Waals surface area contributed by atoms with Crippen molar-refractivity contribution in [3.05, 3.63) is 57.0 Å². The Morgan fingerprint density at radius 3 is 2.44 bits per heavy atom. The molecule has 0 amide bonds. The molecule has 0 unspecified atom stereocenters. The van der Waals surface area contributed by atoms with Crippen molar-refractivity contribution in [2.45, 2.75) is 13.1 Å². The quantitative estimate of drug-likeness (QED) is 0.477. The minimum Gasteiger partial charge on any atom is -0.314 e. The van der Waals surface area contributed by atoms with Crippen molar-refractivity contribution < 1.29 is 17.6 Å². The first-order chi connectivity index (χ1) is 11.6. The predicted octanol–water partition coefficient (Wildman–Crippen LogP) is 4.12. The summed E-state index contributed by atoms with van der Waals surface area (Å²) in [5.41, 5.74) is -1.31. The van der Waals surface area contributed by atoms with Crippen molar-refractivity contribution >= 4 is 22.5 Å². The number of pyridine rings is 1. The second-order valence-corrected chi connectivity index (χ2v) is 5.78. The van der Waals surface area contributed by atoms with Crippen LogP contribution in [-0.2, 0) is 13.2 Å². The molecule has 9 heteroatoms. The number of benzene rings is 1. The first kappa shape index (κ1) is 17.3. The van der Waals surface area contributed by atoms with Gasteiger partial charge < -0.3 is 4.57 Å². The van der Waals surface area contributed by atoms with E-state index in [0.717, 1.165) is 12.1 Å². The summed E-state index contributed by atoms with van der Waals surface area (Å²) in [4.78, 5) is 20.1. The molecule has 0 aliphatic carbocycles. The molecule has 0 fully saturated rings. The van der Waals surface area contributed by atoms with E-state index in [-0.39, 0.29) is 27.4 Å². The number of hydrogen-bond acceptors (Lipinski definition) is 3. The average molecular weight is 372 g/mol. The van der Waals surface area contributed by atoms with Gasteiger partial charge >= 0.3 is 6.18 Å². The molecule has 0 bridgehead atoms. The number of nitrogens with zero attached hydrogens (tertiary/aromatic N) is 3. The molecular formula is C16H10ClF4N3O. The number of rotatable bonds is 1. The lowest BCUT2D eigenvalue weighted by Gasteiger charge is -2.12. The van der Waals surface area contributed by atoms with Crippen LogP contribution in [0.2, 0.25) is 5.28 Å². The fraction of sp³-hybridized carbons (Fsp3) is 0.188. The van der Waals surface area contributed by atoms with Gasteiger partial charge in [0.15, 0.2) is 0 Å².